The Hall–Kier alpha value is -0.960. The van der Waals surface area contributed by atoms with Crippen molar-refractivity contribution in [3.63, 3.8) is 0 Å². The highest BCUT2D eigenvalue weighted by molar-refractivity contribution is 5.16. The number of nitrogens with zero attached hydrogens (tertiary/aromatic N) is 3. The van der Waals surface area contributed by atoms with Gasteiger partial charge in [-0.05, 0) is 20.8 Å². The van der Waals surface area contributed by atoms with Crippen molar-refractivity contribution >= 4 is 0 Å². The standard InChI is InChI=1S/C10H15N3/c1-10(2,3)13-6-8-9(7-13)12-5-4-11-8/h4-5H,6-7H2,1-3H3. The molecular weight excluding hydrogens is 162 g/mol. The van der Waals surface area contributed by atoms with Crippen LogP contribution in [-0.4, -0.2) is 20.4 Å². The summed E-state index contributed by atoms with van der Waals surface area (Å²) in [5, 5.41) is 0. The lowest BCUT2D eigenvalue weighted by Crippen LogP contribution is -2.36. The molecule has 0 fully saturated rings. The topological polar surface area (TPSA) is 29.0 Å². The summed E-state index contributed by atoms with van der Waals surface area (Å²) in [4.78, 5) is 11.0. The van der Waals surface area contributed by atoms with E-state index in [1.807, 2.05) is 0 Å². The minimum atomic E-state index is 0.211. The highest BCUT2D eigenvalue weighted by Crippen LogP contribution is 2.25. The predicted molar refractivity (Wildman–Crippen MR) is 51.0 cm³/mol. The molecule has 0 amide bonds. The number of hydrogen-bond acceptors (Lipinski definition) is 3. The van der Waals surface area contributed by atoms with Crippen LogP contribution >= 0.6 is 0 Å². The summed E-state index contributed by atoms with van der Waals surface area (Å²) in [6.07, 6.45) is 3.54. The van der Waals surface area contributed by atoms with Crippen molar-refractivity contribution in [3.8, 4) is 0 Å². The maximum atomic E-state index is 4.32. The molecule has 0 saturated heterocycles. The van der Waals surface area contributed by atoms with Crippen LogP contribution in [0.3, 0.4) is 0 Å². The molecule has 0 aliphatic carbocycles. The van der Waals surface area contributed by atoms with E-state index in [1.54, 1.807) is 12.4 Å². The molecule has 0 atom stereocenters. The van der Waals surface area contributed by atoms with Gasteiger partial charge in [-0.1, -0.05) is 0 Å². The molecule has 0 radical (unpaired) electrons. The van der Waals surface area contributed by atoms with Gasteiger partial charge in [0.1, 0.15) is 0 Å². The van der Waals surface area contributed by atoms with E-state index in [2.05, 4.69) is 35.6 Å². The summed E-state index contributed by atoms with van der Waals surface area (Å²) in [5.74, 6) is 0. The minimum Gasteiger partial charge on any atom is -0.287 e. The highest BCUT2D eigenvalue weighted by atomic mass is 15.2. The third kappa shape index (κ3) is 1.56. The Kier molecular flexibility index (Phi) is 1.84. The van der Waals surface area contributed by atoms with Gasteiger partial charge in [0.15, 0.2) is 0 Å². The van der Waals surface area contributed by atoms with Crippen LogP contribution in [0.25, 0.3) is 0 Å². The van der Waals surface area contributed by atoms with Crippen LogP contribution < -0.4 is 0 Å². The molecule has 1 aromatic heterocycles. The molecule has 1 aliphatic heterocycles. The van der Waals surface area contributed by atoms with Crippen molar-refractivity contribution < 1.29 is 0 Å². The smallest absolute Gasteiger partial charge is 0.0772 e. The maximum absolute atomic E-state index is 4.32. The van der Waals surface area contributed by atoms with Crippen molar-refractivity contribution in [2.45, 2.75) is 39.4 Å². The minimum absolute atomic E-state index is 0.211. The van der Waals surface area contributed by atoms with Crippen molar-refractivity contribution in [2.75, 3.05) is 0 Å². The molecule has 3 heteroatoms. The first-order chi connectivity index (χ1) is 6.07. The number of hydrogen-bond donors (Lipinski definition) is 0. The Balaban J connectivity index is 2.23. The molecule has 0 aromatic carbocycles. The summed E-state index contributed by atoms with van der Waals surface area (Å²) < 4.78 is 0. The van der Waals surface area contributed by atoms with E-state index in [0.29, 0.717) is 0 Å². The average Bonchev–Trinajstić information content (AvgIpc) is 2.45. The lowest BCUT2D eigenvalue weighted by atomic mass is 10.1. The van der Waals surface area contributed by atoms with Crippen LogP contribution in [-0.2, 0) is 13.1 Å². The highest BCUT2D eigenvalue weighted by Gasteiger charge is 2.29. The number of rotatable bonds is 0. The molecule has 70 valence electrons. The van der Waals surface area contributed by atoms with Crippen molar-refractivity contribution in [3.05, 3.63) is 23.8 Å². The van der Waals surface area contributed by atoms with Gasteiger partial charge < -0.3 is 0 Å². The Labute approximate surface area is 78.8 Å². The zero-order chi connectivity index (χ0) is 9.47. The first-order valence-electron chi connectivity index (χ1n) is 4.61. The van der Waals surface area contributed by atoms with Crippen molar-refractivity contribution in [1.29, 1.82) is 0 Å². The molecule has 1 aromatic rings. The largest absolute Gasteiger partial charge is 0.287 e. The number of fused-ring (bicyclic) bond motifs is 1. The summed E-state index contributed by atoms with van der Waals surface area (Å²) in [6, 6.07) is 0. The normalized spacial score (nSPS) is 17.5. The van der Waals surface area contributed by atoms with Crippen LogP contribution in [0.4, 0.5) is 0 Å². The molecule has 0 saturated carbocycles. The Morgan fingerprint density at radius 2 is 1.54 bits per heavy atom. The second-order valence-corrected chi connectivity index (χ2v) is 4.48. The van der Waals surface area contributed by atoms with Crippen LogP contribution in [0.2, 0.25) is 0 Å². The first-order valence-corrected chi connectivity index (χ1v) is 4.61. The zero-order valence-electron chi connectivity index (χ0n) is 8.41. The van der Waals surface area contributed by atoms with Crippen LogP contribution in [0, 0.1) is 0 Å². The van der Waals surface area contributed by atoms with Crippen LogP contribution in [0.5, 0.6) is 0 Å². The van der Waals surface area contributed by atoms with E-state index in [0.717, 1.165) is 24.5 Å². The summed E-state index contributed by atoms with van der Waals surface area (Å²) >= 11 is 0. The van der Waals surface area contributed by atoms with Gasteiger partial charge in [0.25, 0.3) is 0 Å². The van der Waals surface area contributed by atoms with Gasteiger partial charge in [0, 0.05) is 31.0 Å². The molecule has 2 heterocycles. The first kappa shape index (κ1) is 8.63. The Morgan fingerprint density at radius 1 is 1.08 bits per heavy atom. The van der Waals surface area contributed by atoms with Gasteiger partial charge in [-0.15, -0.1) is 0 Å². The fourth-order valence-corrected chi connectivity index (χ4v) is 1.55. The van der Waals surface area contributed by atoms with E-state index in [9.17, 15) is 0 Å². The van der Waals surface area contributed by atoms with Gasteiger partial charge in [0.05, 0.1) is 11.4 Å². The molecule has 0 N–H and O–H groups in total. The molecule has 0 unspecified atom stereocenters. The molecule has 13 heavy (non-hydrogen) atoms. The number of aromatic nitrogens is 2. The van der Waals surface area contributed by atoms with E-state index in [-0.39, 0.29) is 5.54 Å². The van der Waals surface area contributed by atoms with Gasteiger partial charge in [-0.2, -0.15) is 0 Å². The molecule has 1 aliphatic rings. The monoisotopic (exact) mass is 177 g/mol. The van der Waals surface area contributed by atoms with Gasteiger partial charge in [0.2, 0.25) is 0 Å². The lowest BCUT2D eigenvalue weighted by molar-refractivity contribution is 0.134. The van der Waals surface area contributed by atoms with E-state index in [4.69, 9.17) is 0 Å². The van der Waals surface area contributed by atoms with Crippen LogP contribution in [0.15, 0.2) is 12.4 Å². The lowest BCUT2D eigenvalue weighted by Gasteiger charge is -2.30. The van der Waals surface area contributed by atoms with Gasteiger partial charge in [-0.25, -0.2) is 0 Å². The third-order valence-electron chi connectivity index (χ3n) is 2.49. The molecule has 3 nitrogen and oxygen atoms in total. The van der Waals surface area contributed by atoms with Crippen LogP contribution in [0.1, 0.15) is 32.2 Å². The second-order valence-electron chi connectivity index (χ2n) is 4.48. The molecular formula is C10H15N3. The summed E-state index contributed by atoms with van der Waals surface area (Å²) in [6.45, 7) is 8.54. The Bertz CT molecular complexity index is 289. The second kappa shape index (κ2) is 2.77. The Morgan fingerprint density at radius 3 is 1.92 bits per heavy atom. The van der Waals surface area contributed by atoms with Gasteiger partial charge >= 0.3 is 0 Å². The molecule has 0 bridgehead atoms. The molecule has 0 spiro atoms. The average molecular weight is 177 g/mol. The summed E-state index contributed by atoms with van der Waals surface area (Å²) in [7, 11) is 0. The van der Waals surface area contributed by atoms with E-state index < -0.39 is 0 Å². The fourth-order valence-electron chi connectivity index (χ4n) is 1.55. The SMILES string of the molecule is CC(C)(C)N1Cc2nccnc2C1. The maximum Gasteiger partial charge on any atom is 0.0772 e. The van der Waals surface area contributed by atoms with Crippen molar-refractivity contribution in [1.82, 2.24) is 14.9 Å². The quantitative estimate of drug-likeness (QED) is 0.602. The van der Waals surface area contributed by atoms with Gasteiger partial charge in [-0.3, -0.25) is 14.9 Å². The predicted octanol–water partition coefficient (Wildman–Crippen LogP) is 1.59. The zero-order valence-corrected chi connectivity index (χ0v) is 8.41. The summed E-state index contributed by atoms with van der Waals surface area (Å²) in [5.41, 5.74) is 2.48. The third-order valence-corrected chi connectivity index (χ3v) is 2.49. The van der Waals surface area contributed by atoms with E-state index >= 15 is 0 Å². The van der Waals surface area contributed by atoms with Crippen molar-refractivity contribution in [2.24, 2.45) is 0 Å². The van der Waals surface area contributed by atoms with E-state index in [1.165, 1.54) is 0 Å². The fraction of sp³-hybridized carbons (Fsp3) is 0.600. The molecule has 2 rings (SSSR count).